The van der Waals surface area contributed by atoms with Gasteiger partial charge >= 0.3 is 0 Å². The van der Waals surface area contributed by atoms with E-state index < -0.39 is 12.3 Å². The van der Waals surface area contributed by atoms with Crippen molar-refractivity contribution in [2.24, 2.45) is 0 Å². The highest BCUT2D eigenvalue weighted by atomic mass is 79.9. The monoisotopic (exact) mass is 273 g/mol. The first-order valence-electron chi connectivity index (χ1n) is 4.33. The number of alkyl halides is 1. The molecule has 4 nitrogen and oxygen atoms in total. The molecule has 2 heterocycles. The minimum absolute atomic E-state index is 0.376. The zero-order valence-corrected chi connectivity index (χ0v) is 9.57. The van der Waals surface area contributed by atoms with Gasteiger partial charge in [0.05, 0.1) is 10.2 Å². The Morgan fingerprint density at radius 2 is 2.33 bits per heavy atom. The molecule has 80 valence electrons. The van der Waals surface area contributed by atoms with E-state index in [2.05, 4.69) is 26.0 Å². The molecule has 0 saturated heterocycles. The molecule has 0 aromatic carbocycles. The lowest BCUT2D eigenvalue weighted by Gasteiger charge is -2.20. The number of hydrogen-bond donors (Lipinski definition) is 1. The van der Waals surface area contributed by atoms with E-state index in [4.69, 9.17) is 0 Å². The topological polar surface area (TPSA) is 50.4 Å². The van der Waals surface area contributed by atoms with Gasteiger partial charge in [-0.05, 0) is 35.0 Å². The lowest BCUT2D eigenvalue weighted by atomic mass is 10.0. The molecule has 1 atom stereocenters. The van der Waals surface area contributed by atoms with E-state index in [1.165, 1.54) is 17.8 Å². The second-order valence-electron chi connectivity index (χ2n) is 3.47. The van der Waals surface area contributed by atoms with Gasteiger partial charge in [-0.2, -0.15) is 5.10 Å². The number of aromatic nitrogens is 3. The fraction of sp³-hybridized carbons (Fsp3) is 0.333. The zero-order valence-electron chi connectivity index (χ0n) is 7.98. The van der Waals surface area contributed by atoms with E-state index in [-0.39, 0.29) is 0 Å². The highest BCUT2D eigenvalue weighted by Crippen LogP contribution is 2.25. The summed E-state index contributed by atoms with van der Waals surface area (Å²) in [6.45, 7) is 0.529. The molecule has 0 spiro atoms. The van der Waals surface area contributed by atoms with E-state index >= 15 is 0 Å². The summed E-state index contributed by atoms with van der Waals surface area (Å²) in [5.41, 5.74) is -0.617. The Morgan fingerprint density at radius 1 is 1.60 bits per heavy atom. The van der Waals surface area contributed by atoms with E-state index in [0.29, 0.717) is 11.3 Å². The molecule has 0 fully saturated rings. The SMILES string of the molecule is CC(O)(CF)c1ccc(Br)c2ncnn12. The Morgan fingerprint density at radius 3 is 3.00 bits per heavy atom. The average molecular weight is 274 g/mol. The maximum absolute atomic E-state index is 12.7. The van der Waals surface area contributed by atoms with Crippen LogP contribution in [-0.4, -0.2) is 26.4 Å². The highest BCUT2D eigenvalue weighted by Gasteiger charge is 2.27. The molecule has 1 N–H and O–H groups in total. The molecule has 2 rings (SSSR count). The summed E-state index contributed by atoms with van der Waals surface area (Å²) in [5.74, 6) is 0. The number of pyridine rings is 1. The summed E-state index contributed by atoms with van der Waals surface area (Å²) in [4.78, 5) is 4.00. The third kappa shape index (κ3) is 1.63. The predicted molar refractivity (Wildman–Crippen MR) is 56.2 cm³/mol. The Bertz CT molecular complexity index is 497. The van der Waals surface area contributed by atoms with Gasteiger partial charge in [-0.25, -0.2) is 13.9 Å². The molecule has 0 radical (unpaired) electrons. The van der Waals surface area contributed by atoms with Crippen LogP contribution in [0.15, 0.2) is 22.9 Å². The molecule has 0 aliphatic heterocycles. The largest absolute Gasteiger partial charge is 0.381 e. The summed E-state index contributed by atoms with van der Waals surface area (Å²) >= 11 is 3.30. The van der Waals surface area contributed by atoms with Crippen molar-refractivity contribution < 1.29 is 9.50 Å². The fourth-order valence-corrected chi connectivity index (χ4v) is 1.76. The third-order valence-corrected chi connectivity index (χ3v) is 2.81. The number of fused-ring (bicyclic) bond motifs is 1. The molecule has 0 aliphatic carbocycles. The second-order valence-corrected chi connectivity index (χ2v) is 4.32. The summed E-state index contributed by atoms with van der Waals surface area (Å²) in [6.07, 6.45) is 1.36. The lowest BCUT2D eigenvalue weighted by Crippen LogP contribution is -2.27. The van der Waals surface area contributed by atoms with Gasteiger partial charge in [0.15, 0.2) is 5.65 Å². The van der Waals surface area contributed by atoms with E-state index in [0.717, 1.165) is 4.47 Å². The second kappa shape index (κ2) is 3.53. The third-order valence-electron chi connectivity index (χ3n) is 2.19. The Kier molecular flexibility index (Phi) is 2.47. The van der Waals surface area contributed by atoms with Crippen molar-refractivity contribution in [2.45, 2.75) is 12.5 Å². The Balaban J connectivity index is 2.72. The molecule has 2 aromatic rings. The number of halogens is 2. The van der Waals surface area contributed by atoms with Crippen LogP contribution in [0.4, 0.5) is 4.39 Å². The summed E-state index contributed by atoms with van der Waals surface area (Å²) in [5, 5.41) is 13.8. The van der Waals surface area contributed by atoms with Crippen molar-refractivity contribution in [3.05, 3.63) is 28.6 Å². The van der Waals surface area contributed by atoms with Crippen LogP contribution in [0.25, 0.3) is 5.65 Å². The number of hydrogen-bond acceptors (Lipinski definition) is 3. The van der Waals surface area contributed by atoms with E-state index in [1.807, 2.05) is 0 Å². The van der Waals surface area contributed by atoms with Gasteiger partial charge in [-0.3, -0.25) is 0 Å². The maximum atomic E-state index is 12.7. The first kappa shape index (κ1) is 10.5. The summed E-state index contributed by atoms with van der Waals surface area (Å²) in [6, 6.07) is 3.33. The maximum Gasteiger partial charge on any atom is 0.169 e. The fourth-order valence-electron chi connectivity index (χ4n) is 1.35. The van der Waals surface area contributed by atoms with Gasteiger partial charge in [0.1, 0.15) is 18.6 Å². The predicted octanol–water partition coefficient (Wildman–Crippen LogP) is 1.67. The Hall–Kier alpha value is -1.01. The van der Waals surface area contributed by atoms with E-state index in [9.17, 15) is 9.50 Å². The first-order chi connectivity index (χ1) is 7.06. The van der Waals surface area contributed by atoms with Crippen LogP contribution >= 0.6 is 15.9 Å². The molecule has 15 heavy (non-hydrogen) atoms. The normalized spacial score (nSPS) is 15.5. The highest BCUT2D eigenvalue weighted by molar-refractivity contribution is 9.10. The summed E-state index contributed by atoms with van der Waals surface area (Å²) < 4.78 is 14.8. The van der Waals surface area contributed by atoms with Crippen molar-refractivity contribution in [2.75, 3.05) is 6.67 Å². The number of aliphatic hydroxyl groups is 1. The number of nitrogens with zero attached hydrogens (tertiary/aromatic N) is 3. The molecular weight excluding hydrogens is 265 g/mol. The first-order valence-corrected chi connectivity index (χ1v) is 5.12. The van der Waals surface area contributed by atoms with Crippen LogP contribution in [0, 0.1) is 0 Å². The van der Waals surface area contributed by atoms with Gasteiger partial charge < -0.3 is 5.11 Å². The van der Waals surface area contributed by atoms with Crippen LogP contribution in [0.2, 0.25) is 0 Å². The quantitative estimate of drug-likeness (QED) is 0.906. The Labute approximate surface area is 93.9 Å². The van der Waals surface area contributed by atoms with Crippen molar-refractivity contribution in [1.29, 1.82) is 0 Å². The number of rotatable bonds is 2. The van der Waals surface area contributed by atoms with E-state index in [1.54, 1.807) is 12.1 Å². The zero-order chi connectivity index (χ0) is 11.1. The molecule has 6 heteroatoms. The van der Waals surface area contributed by atoms with Crippen LogP contribution in [-0.2, 0) is 5.60 Å². The lowest BCUT2D eigenvalue weighted by molar-refractivity contribution is 0.0238. The molecule has 0 saturated carbocycles. The molecular formula is C9H9BrFN3O. The molecule has 0 aliphatic rings. The smallest absolute Gasteiger partial charge is 0.169 e. The van der Waals surface area contributed by atoms with Crippen molar-refractivity contribution >= 4 is 21.6 Å². The molecule has 1 unspecified atom stereocenters. The van der Waals surface area contributed by atoms with Crippen LogP contribution in [0.1, 0.15) is 12.6 Å². The molecule has 2 aromatic heterocycles. The van der Waals surface area contributed by atoms with Crippen LogP contribution < -0.4 is 0 Å². The standard InChI is InChI=1S/C9H9BrFN3O/c1-9(15,4-11)7-3-2-6(10)8-12-5-13-14(7)8/h2-3,5,15H,4H2,1H3. The minimum atomic E-state index is -1.55. The van der Waals surface area contributed by atoms with Gasteiger partial charge in [0.2, 0.25) is 0 Å². The van der Waals surface area contributed by atoms with Crippen LogP contribution in [0.3, 0.4) is 0 Å². The average Bonchev–Trinajstić information content (AvgIpc) is 2.67. The minimum Gasteiger partial charge on any atom is -0.381 e. The van der Waals surface area contributed by atoms with Crippen molar-refractivity contribution in [3.8, 4) is 0 Å². The van der Waals surface area contributed by atoms with Gasteiger partial charge in [-0.1, -0.05) is 0 Å². The molecule has 0 bridgehead atoms. The summed E-state index contributed by atoms with van der Waals surface area (Å²) in [7, 11) is 0. The van der Waals surface area contributed by atoms with Gasteiger partial charge in [0, 0.05) is 0 Å². The molecule has 0 amide bonds. The van der Waals surface area contributed by atoms with Crippen LogP contribution in [0.5, 0.6) is 0 Å². The van der Waals surface area contributed by atoms with Crippen molar-refractivity contribution in [1.82, 2.24) is 14.6 Å². The van der Waals surface area contributed by atoms with Crippen molar-refractivity contribution in [3.63, 3.8) is 0 Å². The van der Waals surface area contributed by atoms with Gasteiger partial charge in [-0.15, -0.1) is 0 Å². The van der Waals surface area contributed by atoms with Gasteiger partial charge in [0.25, 0.3) is 0 Å².